The Morgan fingerprint density at radius 2 is 2.32 bits per heavy atom. The number of halogens is 1. The van der Waals surface area contributed by atoms with Gasteiger partial charge in [0, 0.05) is 5.02 Å². The number of nitrogens with one attached hydrogen (secondary N) is 2. The molecule has 0 radical (unpaired) electrons. The summed E-state index contributed by atoms with van der Waals surface area (Å²) in [5.41, 5.74) is 0.414. The van der Waals surface area contributed by atoms with Gasteiger partial charge in [0.1, 0.15) is 5.82 Å². The van der Waals surface area contributed by atoms with E-state index in [1.165, 1.54) is 0 Å². The molecule has 0 spiro atoms. The van der Waals surface area contributed by atoms with Crippen LogP contribution < -0.4 is 10.9 Å². The summed E-state index contributed by atoms with van der Waals surface area (Å²) in [6, 6.07) is 5.00. The highest BCUT2D eigenvalue weighted by atomic mass is 35.5. The Hall–Kier alpha value is -1.43. The minimum atomic E-state index is -0.338. The minimum absolute atomic E-state index is 0.172. The molecule has 2 aromatic rings. The van der Waals surface area contributed by atoms with E-state index in [1.54, 1.807) is 25.1 Å². The van der Waals surface area contributed by atoms with Crippen molar-refractivity contribution in [2.75, 3.05) is 6.54 Å². The maximum absolute atomic E-state index is 11.8. The average Bonchev–Trinajstić information content (AvgIpc) is 2.34. The number of aliphatic hydroxyl groups is 1. The number of aliphatic hydroxyl groups excluding tert-OH is 1. The van der Waals surface area contributed by atoms with E-state index in [0.717, 1.165) is 0 Å². The van der Waals surface area contributed by atoms with Crippen molar-refractivity contribution in [1.82, 2.24) is 15.3 Å². The SMILES string of the molecule is CC(O)CCNCc1nc2cc(Cl)ccc2c(=O)[nH]1. The van der Waals surface area contributed by atoms with Gasteiger partial charge >= 0.3 is 0 Å². The molecule has 1 aromatic heterocycles. The summed E-state index contributed by atoms with van der Waals surface area (Å²) in [6.45, 7) is 2.85. The number of fused-ring (bicyclic) bond motifs is 1. The Labute approximate surface area is 115 Å². The number of aromatic nitrogens is 2. The summed E-state index contributed by atoms with van der Waals surface area (Å²) >= 11 is 5.89. The van der Waals surface area contributed by atoms with Crippen LogP contribution >= 0.6 is 11.6 Å². The molecule has 0 aliphatic rings. The van der Waals surface area contributed by atoms with Gasteiger partial charge in [-0.2, -0.15) is 0 Å². The lowest BCUT2D eigenvalue weighted by Crippen LogP contribution is -2.22. The highest BCUT2D eigenvalue weighted by molar-refractivity contribution is 6.31. The van der Waals surface area contributed by atoms with Gasteiger partial charge in [-0.3, -0.25) is 4.79 Å². The number of H-pyrrole nitrogens is 1. The van der Waals surface area contributed by atoms with Crippen molar-refractivity contribution in [2.45, 2.75) is 26.0 Å². The van der Waals surface area contributed by atoms with Gasteiger partial charge < -0.3 is 15.4 Å². The largest absolute Gasteiger partial charge is 0.393 e. The zero-order chi connectivity index (χ0) is 13.8. The summed E-state index contributed by atoms with van der Waals surface area (Å²) in [4.78, 5) is 18.9. The zero-order valence-corrected chi connectivity index (χ0v) is 11.4. The second kappa shape index (κ2) is 6.14. The maximum Gasteiger partial charge on any atom is 0.258 e. The quantitative estimate of drug-likeness (QED) is 0.725. The number of benzene rings is 1. The third-order valence-electron chi connectivity index (χ3n) is 2.75. The number of nitrogens with zero attached hydrogens (tertiary/aromatic N) is 1. The van der Waals surface area contributed by atoms with Crippen molar-refractivity contribution in [3.8, 4) is 0 Å². The molecule has 3 N–H and O–H groups in total. The normalized spacial score (nSPS) is 12.8. The van der Waals surface area contributed by atoms with Crippen LogP contribution in [0.1, 0.15) is 19.2 Å². The number of aromatic amines is 1. The van der Waals surface area contributed by atoms with Crippen molar-refractivity contribution >= 4 is 22.5 Å². The standard InChI is InChI=1S/C13H16ClN3O2/c1-8(18)4-5-15-7-12-16-11-6-9(14)2-3-10(11)13(19)17-12/h2-3,6,8,15,18H,4-5,7H2,1H3,(H,16,17,19). The molecular formula is C13H16ClN3O2. The molecule has 0 aliphatic heterocycles. The van der Waals surface area contributed by atoms with E-state index in [4.69, 9.17) is 16.7 Å². The first kappa shape index (κ1) is 14.0. The molecule has 0 amide bonds. The smallest absolute Gasteiger partial charge is 0.258 e. The first-order valence-corrected chi connectivity index (χ1v) is 6.51. The van der Waals surface area contributed by atoms with E-state index < -0.39 is 0 Å². The molecule has 1 unspecified atom stereocenters. The van der Waals surface area contributed by atoms with Crippen LogP contribution in [0.15, 0.2) is 23.0 Å². The van der Waals surface area contributed by atoms with Crippen molar-refractivity contribution in [1.29, 1.82) is 0 Å². The molecule has 1 heterocycles. The molecule has 19 heavy (non-hydrogen) atoms. The number of hydrogen-bond donors (Lipinski definition) is 3. The molecule has 1 atom stereocenters. The highest BCUT2D eigenvalue weighted by Gasteiger charge is 2.04. The zero-order valence-electron chi connectivity index (χ0n) is 10.6. The number of hydrogen-bond acceptors (Lipinski definition) is 4. The van der Waals surface area contributed by atoms with Crippen LogP contribution in [-0.2, 0) is 6.54 Å². The molecule has 0 fully saturated rings. The lowest BCUT2D eigenvalue weighted by atomic mass is 10.2. The Bertz CT molecular complexity index is 625. The Kier molecular flexibility index (Phi) is 4.52. The predicted molar refractivity (Wildman–Crippen MR) is 75.4 cm³/mol. The fraction of sp³-hybridized carbons (Fsp3) is 0.385. The van der Waals surface area contributed by atoms with Gasteiger partial charge in [0.15, 0.2) is 0 Å². The first-order chi connectivity index (χ1) is 9.06. The summed E-state index contributed by atoms with van der Waals surface area (Å²) in [5.74, 6) is 0.561. The van der Waals surface area contributed by atoms with Crippen LogP contribution in [0.3, 0.4) is 0 Å². The number of rotatable bonds is 5. The Morgan fingerprint density at radius 3 is 3.05 bits per heavy atom. The fourth-order valence-electron chi connectivity index (χ4n) is 1.76. The molecule has 0 bridgehead atoms. The molecule has 0 saturated carbocycles. The highest BCUT2D eigenvalue weighted by Crippen LogP contribution is 2.14. The molecule has 0 aliphatic carbocycles. The van der Waals surface area contributed by atoms with Crippen LogP contribution in [0.4, 0.5) is 0 Å². The van der Waals surface area contributed by atoms with Gasteiger partial charge in [-0.25, -0.2) is 4.98 Å². The van der Waals surface area contributed by atoms with Gasteiger partial charge in [-0.05, 0) is 38.1 Å². The summed E-state index contributed by atoms with van der Waals surface area (Å²) in [7, 11) is 0. The predicted octanol–water partition coefficient (Wildman–Crippen LogP) is 1.44. The summed E-state index contributed by atoms with van der Waals surface area (Å²) < 4.78 is 0. The summed E-state index contributed by atoms with van der Waals surface area (Å²) in [6.07, 6.45) is 0.318. The van der Waals surface area contributed by atoms with Gasteiger partial charge in [-0.15, -0.1) is 0 Å². The van der Waals surface area contributed by atoms with E-state index >= 15 is 0 Å². The second-order valence-electron chi connectivity index (χ2n) is 4.49. The molecule has 1 aromatic carbocycles. The molecule has 102 valence electrons. The van der Waals surface area contributed by atoms with Crippen molar-refractivity contribution in [2.24, 2.45) is 0 Å². The van der Waals surface area contributed by atoms with Crippen LogP contribution in [0.2, 0.25) is 5.02 Å². The Morgan fingerprint density at radius 1 is 1.53 bits per heavy atom. The van der Waals surface area contributed by atoms with E-state index in [1.807, 2.05) is 0 Å². The van der Waals surface area contributed by atoms with Crippen LogP contribution in [-0.4, -0.2) is 27.7 Å². The lowest BCUT2D eigenvalue weighted by molar-refractivity contribution is 0.183. The maximum atomic E-state index is 11.8. The van der Waals surface area contributed by atoms with E-state index in [0.29, 0.717) is 41.3 Å². The lowest BCUT2D eigenvalue weighted by Gasteiger charge is -2.07. The average molecular weight is 282 g/mol. The molecular weight excluding hydrogens is 266 g/mol. The third kappa shape index (κ3) is 3.76. The molecule has 2 rings (SSSR count). The summed E-state index contributed by atoms with van der Waals surface area (Å²) in [5, 5.41) is 13.3. The van der Waals surface area contributed by atoms with E-state index in [2.05, 4.69) is 15.3 Å². The van der Waals surface area contributed by atoms with E-state index in [9.17, 15) is 4.79 Å². The third-order valence-corrected chi connectivity index (χ3v) is 2.98. The van der Waals surface area contributed by atoms with Gasteiger partial charge in [0.05, 0.1) is 23.6 Å². The van der Waals surface area contributed by atoms with Crippen LogP contribution in [0.25, 0.3) is 10.9 Å². The van der Waals surface area contributed by atoms with Crippen molar-refractivity contribution in [3.05, 3.63) is 39.4 Å². The van der Waals surface area contributed by atoms with Gasteiger partial charge in [-0.1, -0.05) is 11.6 Å². The van der Waals surface area contributed by atoms with Gasteiger partial charge in [0.2, 0.25) is 0 Å². The van der Waals surface area contributed by atoms with Crippen molar-refractivity contribution in [3.63, 3.8) is 0 Å². The molecule has 0 saturated heterocycles. The monoisotopic (exact) mass is 281 g/mol. The van der Waals surface area contributed by atoms with Crippen LogP contribution in [0.5, 0.6) is 0 Å². The van der Waals surface area contributed by atoms with Crippen molar-refractivity contribution < 1.29 is 5.11 Å². The minimum Gasteiger partial charge on any atom is -0.393 e. The molecule has 5 nitrogen and oxygen atoms in total. The fourth-order valence-corrected chi connectivity index (χ4v) is 1.93. The second-order valence-corrected chi connectivity index (χ2v) is 4.93. The Balaban J connectivity index is 2.14. The van der Waals surface area contributed by atoms with E-state index in [-0.39, 0.29) is 11.7 Å². The van der Waals surface area contributed by atoms with Crippen LogP contribution in [0, 0.1) is 0 Å². The van der Waals surface area contributed by atoms with Gasteiger partial charge in [0.25, 0.3) is 5.56 Å². The first-order valence-electron chi connectivity index (χ1n) is 6.13. The molecule has 6 heteroatoms. The topological polar surface area (TPSA) is 78.0 Å².